The molecule has 0 amide bonds. The number of rotatable bonds is 3. The van der Waals surface area contributed by atoms with Crippen molar-refractivity contribution in [3.63, 3.8) is 0 Å². The van der Waals surface area contributed by atoms with E-state index in [1.54, 1.807) is 12.1 Å². The molecule has 1 N–H and O–H groups in total. The lowest BCUT2D eigenvalue weighted by Gasteiger charge is -2.19. The highest BCUT2D eigenvalue weighted by Gasteiger charge is 2.17. The molecule has 0 aliphatic carbocycles. The molecule has 2 aromatic rings. The number of nitrogens with zero attached hydrogens (tertiary/aromatic N) is 2. The van der Waals surface area contributed by atoms with Crippen LogP contribution in [0.15, 0.2) is 47.8 Å². The zero-order valence-corrected chi connectivity index (χ0v) is 12.3. The van der Waals surface area contributed by atoms with Crippen molar-refractivity contribution in [2.45, 2.75) is 26.4 Å². The van der Waals surface area contributed by atoms with Crippen LogP contribution in [0.2, 0.25) is 0 Å². The summed E-state index contributed by atoms with van der Waals surface area (Å²) in [6.07, 6.45) is 3.20. The molecular formula is C16H18N2O3. The number of ether oxygens (including phenoxy) is 1. The van der Waals surface area contributed by atoms with Crippen LogP contribution in [0.4, 0.5) is 0 Å². The minimum Gasteiger partial charge on any atom is -0.456 e. The Morgan fingerprint density at radius 1 is 1.24 bits per heavy atom. The lowest BCUT2D eigenvalue weighted by atomic mass is 10.1. The van der Waals surface area contributed by atoms with E-state index in [2.05, 4.69) is 5.16 Å². The highest BCUT2D eigenvalue weighted by atomic mass is 16.6. The van der Waals surface area contributed by atoms with Crippen molar-refractivity contribution in [2.75, 3.05) is 0 Å². The van der Waals surface area contributed by atoms with Gasteiger partial charge in [0.1, 0.15) is 5.60 Å². The Kier molecular flexibility index (Phi) is 4.12. The van der Waals surface area contributed by atoms with E-state index < -0.39 is 5.60 Å². The second kappa shape index (κ2) is 5.83. The third-order valence-corrected chi connectivity index (χ3v) is 2.75. The second-order valence-electron chi connectivity index (χ2n) is 5.60. The van der Waals surface area contributed by atoms with Crippen LogP contribution in [0.25, 0.3) is 5.69 Å². The van der Waals surface area contributed by atoms with E-state index in [0.29, 0.717) is 5.56 Å². The molecule has 0 fully saturated rings. The van der Waals surface area contributed by atoms with E-state index >= 15 is 0 Å². The number of oxime groups is 1. The van der Waals surface area contributed by atoms with Gasteiger partial charge < -0.3 is 14.5 Å². The number of hydrogen-bond acceptors (Lipinski definition) is 4. The van der Waals surface area contributed by atoms with Crippen molar-refractivity contribution in [2.24, 2.45) is 5.16 Å². The van der Waals surface area contributed by atoms with Gasteiger partial charge in [0.05, 0.1) is 17.5 Å². The monoisotopic (exact) mass is 286 g/mol. The first-order valence-corrected chi connectivity index (χ1v) is 6.59. The summed E-state index contributed by atoms with van der Waals surface area (Å²) >= 11 is 0. The maximum atomic E-state index is 11.9. The van der Waals surface area contributed by atoms with Gasteiger partial charge in [0.15, 0.2) is 0 Å². The minimum absolute atomic E-state index is 0.348. The number of hydrogen-bond donors (Lipinski definition) is 1. The lowest BCUT2D eigenvalue weighted by Crippen LogP contribution is -2.23. The Labute approximate surface area is 123 Å². The van der Waals surface area contributed by atoms with Crippen LogP contribution in [0.1, 0.15) is 36.8 Å². The van der Waals surface area contributed by atoms with Crippen molar-refractivity contribution in [3.05, 3.63) is 53.9 Å². The molecule has 110 valence electrons. The molecule has 21 heavy (non-hydrogen) atoms. The maximum Gasteiger partial charge on any atom is 0.338 e. The molecule has 0 saturated carbocycles. The highest BCUT2D eigenvalue weighted by Crippen LogP contribution is 2.16. The minimum atomic E-state index is -0.513. The number of esters is 1. The van der Waals surface area contributed by atoms with Gasteiger partial charge in [0.2, 0.25) is 0 Å². The average Bonchev–Trinajstić information content (AvgIpc) is 2.86. The van der Waals surface area contributed by atoms with Gasteiger partial charge >= 0.3 is 5.97 Å². The summed E-state index contributed by atoms with van der Waals surface area (Å²) in [5.74, 6) is -0.348. The van der Waals surface area contributed by atoms with Crippen LogP contribution in [0.5, 0.6) is 0 Å². The fraction of sp³-hybridized carbons (Fsp3) is 0.250. The van der Waals surface area contributed by atoms with Crippen LogP contribution < -0.4 is 0 Å². The highest BCUT2D eigenvalue weighted by molar-refractivity contribution is 5.90. The summed E-state index contributed by atoms with van der Waals surface area (Å²) in [6.45, 7) is 5.50. The number of aromatic nitrogens is 1. The first kappa shape index (κ1) is 14.8. The fourth-order valence-corrected chi connectivity index (χ4v) is 1.89. The standard InChI is InChI=1S/C16H18N2O3/c1-16(2,3)21-15(19)12-6-8-13(9-7-12)18-10-4-5-14(18)11-17-20/h4-11,20H,1-3H3/b17-11+. The molecule has 0 aliphatic heterocycles. The lowest BCUT2D eigenvalue weighted by molar-refractivity contribution is 0.00695. The van der Waals surface area contributed by atoms with Gasteiger partial charge in [0.25, 0.3) is 0 Å². The van der Waals surface area contributed by atoms with Gasteiger partial charge in [0, 0.05) is 11.9 Å². The van der Waals surface area contributed by atoms with Gasteiger partial charge in [-0.25, -0.2) is 4.79 Å². The predicted molar refractivity (Wildman–Crippen MR) is 80.3 cm³/mol. The Morgan fingerprint density at radius 2 is 1.90 bits per heavy atom. The normalized spacial score (nSPS) is 11.8. The maximum absolute atomic E-state index is 11.9. The van der Waals surface area contributed by atoms with Crippen molar-refractivity contribution in [1.29, 1.82) is 0 Å². The molecule has 1 aromatic carbocycles. The van der Waals surface area contributed by atoms with E-state index in [1.807, 2.05) is 55.8 Å². The molecule has 0 unspecified atom stereocenters. The average molecular weight is 286 g/mol. The second-order valence-corrected chi connectivity index (χ2v) is 5.60. The molecular weight excluding hydrogens is 268 g/mol. The van der Waals surface area contributed by atoms with Crippen molar-refractivity contribution < 1.29 is 14.7 Å². The number of benzene rings is 1. The van der Waals surface area contributed by atoms with Crippen LogP contribution >= 0.6 is 0 Å². The molecule has 0 aliphatic rings. The summed E-state index contributed by atoms with van der Waals surface area (Å²) in [5.41, 5.74) is 1.59. The fourth-order valence-electron chi connectivity index (χ4n) is 1.89. The van der Waals surface area contributed by atoms with Crippen LogP contribution in [0, 0.1) is 0 Å². The zero-order valence-electron chi connectivity index (χ0n) is 12.3. The summed E-state index contributed by atoms with van der Waals surface area (Å²) in [6, 6.07) is 10.7. The summed E-state index contributed by atoms with van der Waals surface area (Å²) in [7, 11) is 0. The van der Waals surface area contributed by atoms with E-state index in [-0.39, 0.29) is 5.97 Å². The third kappa shape index (κ3) is 3.72. The van der Waals surface area contributed by atoms with Crippen LogP contribution in [-0.4, -0.2) is 27.6 Å². The van der Waals surface area contributed by atoms with E-state index in [9.17, 15) is 4.79 Å². The van der Waals surface area contributed by atoms with Crippen LogP contribution in [-0.2, 0) is 4.74 Å². The van der Waals surface area contributed by atoms with Gasteiger partial charge in [-0.3, -0.25) is 0 Å². The molecule has 2 rings (SSSR count). The summed E-state index contributed by atoms with van der Waals surface area (Å²) in [5, 5.41) is 11.7. The van der Waals surface area contributed by atoms with Gasteiger partial charge in [-0.2, -0.15) is 0 Å². The van der Waals surface area contributed by atoms with Crippen molar-refractivity contribution in [3.8, 4) is 5.69 Å². The topological polar surface area (TPSA) is 63.8 Å². The molecule has 1 heterocycles. The number of carbonyl (C=O) groups excluding carboxylic acids is 1. The summed E-state index contributed by atoms with van der Waals surface area (Å²) < 4.78 is 7.16. The Hall–Kier alpha value is -2.56. The largest absolute Gasteiger partial charge is 0.456 e. The Morgan fingerprint density at radius 3 is 2.48 bits per heavy atom. The van der Waals surface area contributed by atoms with E-state index in [4.69, 9.17) is 9.94 Å². The summed E-state index contributed by atoms with van der Waals surface area (Å²) in [4.78, 5) is 11.9. The smallest absolute Gasteiger partial charge is 0.338 e. The molecule has 1 aromatic heterocycles. The molecule has 5 nitrogen and oxygen atoms in total. The zero-order chi connectivity index (χ0) is 15.5. The quantitative estimate of drug-likeness (QED) is 0.408. The first-order valence-electron chi connectivity index (χ1n) is 6.59. The molecule has 5 heteroatoms. The van der Waals surface area contributed by atoms with Crippen molar-refractivity contribution >= 4 is 12.2 Å². The molecule has 0 bridgehead atoms. The first-order chi connectivity index (χ1) is 9.90. The Balaban J connectivity index is 2.23. The molecule has 0 saturated heterocycles. The number of carbonyl (C=O) groups is 1. The molecule has 0 spiro atoms. The molecule has 0 atom stereocenters. The van der Waals surface area contributed by atoms with E-state index in [1.165, 1.54) is 6.21 Å². The van der Waals surface area contributed by atoms with Gasteiger partial charge in [-0.1, -0.05) is 5.16 Å². The van der Waals surface area contributed by atoms with Crippen LogP contribution in [0.3, 0.4) is 0 Å². The van der Waals surface area contributed by atoms with Crippen molar-refractivity contribution in [1.82, 2.24) is 4.57 Å². The van der Waals surface area contributed by atoms with Gasteiger partial charge in [-0.15, -0.1) is 0 Å². The predicted octanol–water partition coefficient (Wildman–Crippen LogP) is 3.24. The third-order valence-electron chi connectivity index (χ3n) is 2.75. The Bertz CT molecular complexity index is 649. The van der Waals surface area contributed by atoms with Gasteiger partial charge in [-0.05, 0) is 57.2 Å². The molecule has 0 radical (unpaired) electrons. The van der Waals surface area contributed by atoms with E-state index in [0.717, 1.165) is 11.4 Å². The SMILES string of the molecule is CC(C)(C)OC(=O)c1ccc(-n2cccc2/C=N/O)cc1.